The molecule has 3 nitrogen and oxygen atoms in total. The number of piperidine rings is 1. The fraction of sp³-hybridized carbons (Fsp3) is 0.562. The standard InChI is InChI=1S/C16H19F2NO2/c17-13-11(15(20)21)3-4-12(14(13)18)19-9-7-16(8-10-19)5-1-2-6-16/h3-4H,1-2,5-10H2,(H,20,21). The summed E-state index contributed by atoms with van der Waals surface area (Å²) >= 11 is 0. The van der Waals surface area contributed by atoms with Gasteiger partial charge in [0.2, 0.25) is 0 Å². The molecule has 114 valence electrons. The molecule has 1 spiro atoms. The highest BCUT2D eigenvalue weighted by molar-refractivity contribution is 5.88. The number of aromatic carboxylic acids is 1. The van der Waals surface area contributed by atoms with Crippen molar-refractivity contribution in [2.75, 3.05) is 18.0 Å². The number of hydrogen-bond donors (Lipinski definition) is 1. The maximum atomic E-state index is 14.1. The molecule has 0 aromatic heterocycles. The quantitative estimate of drug-likeness (QED) is 0.901. The molecular weight excluding hydrogens is 276 g/mol. The second-order valence-electron chi connectivity index (χ2n) is 6.26. The van der Waals surface area contributed by atoms with E-state index in [1.807, 2.05) is 4.90 Å². The summed E-state index contributed by atoms with van der Waals surface area (Å²) in [6.45, 7) is 1.42. The highest BCUT2D eigenvalue weighted by Gasteiger charge is 2.37. The third kappa shape index (κ3) is 2.49. The molecule has 21 heavy (non-hydrogen) atoms. The monoisotopic (exact) mass is 295 g/mol. The number of anilines is 1. The molecule has 1 aromatic carbocycles. The predicted molar refractivity (Wildman–Crippen MR) is 75.7 cm³/mol. The molecule has 0 amide bonds. The van der Waals surface area contributed by atoms with E-state index in [1.54, 1.807) is 0 Å². The number of hydrogen-bond acceptors (Lipinski definition) is 2. The average Bonchev–Trinajstić information content (AvgIpc) is 2.91. The highest BCUT2D eigenvalue weighted by atomic mass is 19.2. The SMILES string of the molecule is O=C(O)c1ccc(N2CCC3(CCCC3)CC2)c(F)c1F. The van der Waals surface area contributed by atoms with Crippen LogP contribution < -0.4 is 4.90 Å². The van der Waals surface area contributed by atoms with Gasteiger partial charge >= 0.3 is 5.97 Å². The Kier molecular flexibility index (Phi) is 3.59. The van der Waals surface area contributed by atoms with Crippen LogP contribution in [0.25, 0.3) is 0 Å². The van der Waals surface area contributed by atoms with Crippen LogP contribution in [0, 0.1) is 17.0 Å². The van der Waals surface area contributed by atoms with Crippen LogP contribution in [-0.2, 0) is 0 Å². The van der Waals surface area contributed by atoms with Crippen LogP contribution in [0.4, 0.5) is 14.5 Å². The van der Waals surface area contributed by atoms with E-state index in [9.17, 15) is 13.6 Å². The molecule has 0 atom stereocenters. The first-order valence-corrected chi connectivity index (χ1v) is 7.49. The Morgan fingerprint density at radius 2 is 1.67 bits per heavy atom. The summed E-state index contributed by atoms with van der Waals surface area (Å²) in [6, 6.07) is 2.53. The Morgan fingerprint density at radius 1 is 1.05 bits per heavy atom. The van der Waals surface area contributed by atoms with Gasteiger partial charge in [-0.2, -0.15) is 0 Å². The minimum Gasteiger partial charge on any atom is -0.478 e. The molecule has 0 radical (unpaired) electrons. The Balaban J connectivity index is 1.79. The zero-order valence-electron chi connectivity index (χ0n) is 11.9. The van der Waals surface area contributed by atoms with Gasteiger partial charge in [0.15, 0.2) is 11.6 Å². The molecular formula is C16H19F2NO2. The van der Waals surface area contributed by atoms with E-state index in [2.05, 4.69) is 0 Å². The van der Waals surface area contributed by atoms with E-state index in [0.29, 0.717) is 18.5 Å². The molecule has 0 unspecified atom stereocenters. The zero-order valence-corrected chi connectivity index (χ0v) is 11.9. The minimum absolute atomic E-state index is 0.186. The lowest BCUT2D eigenvalue weighted by Gasteiger charge is -2.40. The van der Waals surface area contributed by atoms with Gasteiger partial charge in [0.05, 0.1) is 11.3 Å². The summed E-state index contributed by atoms with van der Waals surface area (Å²) < 4.78 is 27.9. The zero-order chi connectivity index (χ0) is 15.0. The number of rotatable bonds is 2. The van der Waals surface area contributed by atoms with E-state index >= 15 is 0 Å². The van der Waals surface area contributed by atoms with Gasteiger partial charge in [-0.3, -0.25) is 0 Å². The van der Waals surface area contributed by atoms with Crippen molar-refractivity contribution in [2.45, 2.75) is 38.5 Å². The first-order chi connectivity index (χ1) is 10.0. The lowest BCUT2D eigenvalue weighted by Crippen LogP contribution is -2.39. The van der Waals surface area contributed by atoms with E-state index in [-0.39, 0.29) is 5.69 Å². The van der Waals surface area contributed by atoms with Crippen molar-refractivity contribution >= 4 is 11.7 Å². The van der Waals surface area contributed by atoms with E-state index in [1.165, 1.54) is 31.7 Å². The molecule has 1 saturated carbocycles. The van der Waals surface area contributed by atoms with Gasteiger partial charge in [-0.15, -0.1) is 0 Å². The van der Waals surface area contributed by atoms with Gasteiger partial charge in [-0.1, -0.05) is 12.8 Å². The van der Waals surface area contributed by atoms with Gasteiger partial charge in [0.1, 0.15) is 0 Å². The first kappa shape index (κ1) is 14.3. The number of benzene rings is 1. The van der Waals surface area contributed by atoms with Crippen molar-refractivity contribution in [3.05, 3.63) is 29.3 Å². The second-order valence-corrected chi connectivity index (χ2v) is 6.26. The van der Waals surface area contributed by atoms with Crippen molar-refractivity contribution < 1.29 is 18.7 Å². The second kappa shape index (κ2) is 5.28. The normalized spacial score (nSPS) is 21.0. The molecule has 1 heterocycles. The van der Waals surface area contributed by atoms with Crippen LogP contribution in [0.1, 0.15) is 48.9 Å². The number of nitrogens with zero attached hydrogens (tertiary/aromatic N) is 1. The van der Waals surface area contributed by atoms with Crippen molar-refractivity contribution in [3.8, 4) is 0 Å². The average molecular weight is 295 g/mol. The number of carbonyl (C=O) groups is 1. The topological polar surface area (TPSA) is 40.5 Å². The summed E-state index contributed by atoms with van der Waals surface area (Å²) in [7, 11) is 0. The maximum Gasteiger partial charge on any atom is 0.338 e. The largest absolute Gasteiger partial charge is 0.478 e. The number of halogens is 2. The predicted octanol–water partition coefficient (Wildman–Crippen LogP) is 3.82. The summed E-state index contributed by atoms with van der Waals surface area (Å²) in [5.74, 6) is -3.75. The third-order valence-electron chi connectivity index (χ3n) is 5.12. The number of carboxylic acids is 1. The van der Waals surface area contributed by atoms with Gasteiger partial charge in [0, 0.05) is 13.1 Å². The van der Waals surface area contributed by atoms with Crippen molar-refractivity contribution in [1.29, 1.82) is 0 Å². The fourth-order valence-corrected chi connectivity index (χ4v) is 3.80. The lowest BCUT2D eigenvalue weighted by molar-refractivity contribution is 0.0690. The molecule has 1 aliphatic heterocycles. The Bertz CT molecular complexity index is 558. The summed E-state index contributed by atoms with van der Waals surface area (Å²) in [4.78, 5) is 12.7. The van der Waals surface area contributed by atoms with Gasteiger partial charge < -0.3 is 10.0 Å². The fourth-order valence-electron chi connectivity index (χ4n) is 3.80. The Labute approximate surface area is 122 Å². The first-order valence-electron chi connectivity index (χ1n) is 7.49. The van der Waals surface area contributed by atoms with Crippen LogP contribution in [0.5, 0.6) is 0 Å². The smallest absolute Gasteiger partial charge is 0.338 e. The molecule has 1 saturated heterocycles. The molecule has 3 rings (SSSR count). The van der Waals surface area contributed by atoms with E-state index in [4.69, 9.17) is 5.11 Å². The Morgan fingerprint density at radius 3 is 2.24 bits per heavy atom. The van der Waals surface area contributed by atoms with Crippen molar-refractivity contribution in [2.24, 2.45) is 5.41 Å². The summed E-state index contributed by atoms with van der Waals surface area (Å²) in [5, 5.41) is 8.81. The van der Waals surface area contributed by atoms with Crippen LogP contribution in [0.2, 0.25) is 0 Å². The molecule has 1 aliphatic carbocycles. The molecule has 2 aliphatic rings. The molecule has 1 aromatic rings. The van der Waals surface area contributed by atoms with Crippen LogP contribution >= 0.6 is 0 Å². The highest BCUT2D eigenvalue weighted by Crippen LogP contribution is 2.46. The van der Waals surface area contributed by atoms with Crippen LogP contribution in [-0.4, -0.2) is 24.2 Å². The summed E-state index contributed by atoms with van der Waals surface area (Å²) in [6.07, 6.45) is 7.06. The van der Waals surface area contributed by atoms with Gasteiger partial charge in [-0.05, 0) is 43.2 Å². The van der Waals surface area contributed by atoms with Gasteiger partial charge in [0.25, 0.3) is 0 Å². The number of carboxylic acid groups (broad SMARTS) is 1. The van der Waals surface area contributed by atoms with E-state index < -0.39 is 23.2 Å². The summed E-state index contributed by atoms with van der Waals surface area (Å²) in [5.41, 5.74) is -0.0159. The Hall–Kier alpha value is -1.65. The molecule has 0 bridgehead atoms. The third-order valence-corrected chi connectivity index (χ3v) is 5.12. The maximum absolute atomic E-state index is 14.1. The van der Waals surface area contributed by atoms with Crippen LogP contribution in [0.3, 0.4) is 0 Å². The lowest BCUT2D eigenvalue weighted by atomic mass is 9.77. The molecule has 5 heteroatoms. The minimum atomic E-state index is -1.44. The van der Waals surface area contributed by atoms with E-state index in [0.717, 1.165) is 18.9 Å². The van der Waals surface area contributed by atoms with Crippen molar-refractivity contribution in [1.82, 2.24) is 0 Å². The van der Waals surface area contributed by atoms with Crippen molar-refractivity contribution in [3.63, 3.8) is 0 Å². The van der Waals surface area contributed by atoms with Gasteiger partial charge in [-0.25, -0.2) is 13.6 Å². The van der Waals surface area contributed by atoms with Crippen LogP contribution in [0.15, 0.2) is 12.1 Å². The molecule has 2 fully saturated rings. The molecule has 1 N–H and O–H groups in total.